The second-order valence-corrected chi connectivity index (χ2v) is 6.87. The molecule has 0 aliphatic carbocycles. The molecule has 0 radical (unpaired) electrons. The van der Waals surface area contributed by atoms with Gasteiger partial charge in [-0.15, -0.1) is 0 Å². The number of hydrogen-bond acceptors (Lipinski definition) is 5. The van der Waals surface area contributed by atoms with Crippen LogP contribution in [0.2, 0.25) is 0 Å². The first-order valence-electron chi connectivity index (χ1n) is 9.01. The molecule has 0 saturated carbocycles. The molecule has 0 saturated heterocycles. The van der Waals surface area contributed by atoms with Crippen molar-refractivity contribution in [2.75, 3.05) is 6.54 Å². The molecular weight excluding hydrogens is 364 g/mol. The Morgan fingerprint density at radius 1 is 1.00 bits per heavy atom. The SMILES string of the molecule is CC(NC(=O)CNC(=O)C(N)C(C)C)C(=O)NC(Cc1ccccc1)C(=O)O. The summed E-state index contributed by atoms with van der Waals surface area (Å²) in [7, 11) is 0. The maximum Gasteiger partial charge on any atom is 0.326 e. The van der Waals surface area contributed by atoms with Gasteiger partial charge in [-0.05, 0) is 18.4 Å². The molecule has 0 spiro atoms. The van der Waals surface area contributed by atoms with E-state index in [1.54, 1.807) is 38.1 Å². The minimum absolute atomic E-state index is 0.0784. The summed E-state index contributed by atoms with van der Waals surface area (Å²) in [6, 6.07) is 6.05. The second-order valence-electron chi connectivity index (χ2n) is 6.87. The van der Waals surface area contributed by atoms with Crippen LogP contribution in [-0.2, 0) is 25.6 Å². The molecule has 6 N–H and O–H groups in total. The van der Waals surface area contributed by atoms with E-state index in [9.17, 15) is 24.3 Å². The molecule has 9 heteroatoms. The van der Waals surface area contributed by atoms with E-state index >= 15 is 0 Å². The largest absolute Gasteiger partial charge is 0.480 e. The van der Waals surface area contributed by atoms with Crippen LogP contribution in [0.1, 0.15) is 26.3 Å². The lowest BCUT2D eigenvalue weighted by molar-refractivity contribution is -0.142. The molecule has 0 heterocycles. The smallest absolute Gasteiger partial charge is 0.326 e. The van der Waals surface area contributed by atoms with Gasteiger partial charge in [-0.3, -0.25) is 14.4 Å². The molecule has 0 aliphatic heterocycles. The van der Waals surface area contributed by atoms with Gasteiger partial charge in [-0.25, -0.2) is 4.79 Å². The molecule has 1 rings (SSSR count). The fraction of sp³-hybridized carbons (Fsp3) is 0.474. The number of carboxylic acids is 1. The van der Waals surface area contributed by atoms with Gasteiger partial charge >= 0.3 is 5.97 Å². The molecule has 0 aromatic heterocycles. The Kier molecular flexibility index (Phi) is 9.10. The van der Waals surface area contributed by atoms with Crippen LogP contribution in [0.4, 0.5) is 0 Å². The number of benzene rings is 1. The third-order valence-electron chi connectivity index (χ3n) is 4.11. The van der Waals surface area contributed by atoms with Crippen LogP contribution in [0.15, 0.2) is 30.3 Å². The van der Waals surface area contributed by atoms with Gasteiger partial charge in [0, 0.05) is 6.42 Å². The highest BCUT2D eigenvalue weighted by atomic mass is 16.4. The van der Waals surface area contributed by atoms with Crippen LogP contribution in [-0.4, -0.2) is 53.5 Å². The minimum atomic E-state index is -1.18. The topological polar surface area (TPSA) is 151 Å². The number of nitrogens with one attached hydrogen (secondary N) is 3. The Bertz CT molecular complexity index is 693. The third kappa shape index (κ3) is 7.75. The van der Waals surface area contributed by atoms with Crippen molar-refractivity contribution in [1.29, 1.82) is 0 Å². The van der Waals surface area contributed by atoms with Crippen LogP contribution in [0.25, 0.3) is 0 Å². The summed E-state index contributed by atoms with van der Waals surface area (Å²) in [6.45, 7) is 4.66. The maximum atomic E-state index is 12.2. The van der Waals surface area contributed by atoms with E-state index in [2.05, 4.69) is 16.0 Å². The Hall–Kier alpha value is -2.94. The molecule has 0 fully saturated rings. The summed E-state index contributed by atoms with van der Waals surface area (Å²) in [5.74, 6) is -2.93. The van der Waals surface area contributed by atoms with Crippen LogP contribution >= 0.6 is 0 Å². The highest BCUT2D eigenvalue weighted by Gasteiger charge is 2.24. The third-order valence-corrected chi connectivity index (χ3v) is 4.11. The van der Waals surface area contributed by atoms with Gasteiger partial charge in [0.15, 0.2) is 0 Å². The first kappa shape index (κ1) is 23.1. The quantitative estimate of drug-likeness (QED) is 0.359. The maximum absolute atomic E-state index is 12.2. The summed E-state index contributed by atoms with van der Waals surface area (Å²) in [5, 5.41) is 16.5. The van der Waals surface area contributed by atoms with Gasteiger partial charge in [0.2, 0.25) is 17.7 Å². The lowest BCUT2D eigenvalue weighted by atomic mass is 10.1. The van der Waals surface area contributed by atoms with Gasteiger partial charge in [0.05, 0.1) is 12.6 Å². The van der Waals surface area contributed by atoms with Crippen molar-refractivity contribution in [2.45, 2.75) is 45.3 Å². The standard InChI is InChI=1S/C19H28N4O5/c1-11(2)16(20)18(26)21-10-15(24)22-12(3)17(25)23-14(19(27)28)9-13-7-5-4-6-8-13/h4-8,11-12,14,16H,9-10,20H2,1-3H3,(H,21,26)(H,22,24)(H,23,25)(H,27,28). The fourth-order valence-electron chi connectivity index (χ4n) is 2.29. The minimum Gasteiger partial charge on any atom is -0.480 e. The average Bonchev–Trinajstić information content (AvgIpc) is 2.65. The molecule has 0 bridgehead atoms. The van der Waals surface area contributed by atoms with Gasteiger partial charge in [0.25, 0.3) is 0 Å². The van der Waals surface area contributed by atoms with Crippen molar-refractivity contribution in [3.05, 3.63) is 35.9 Å². The van der Waals surface area contributed by atoms with E-state index < -0.39 is 41.8 Å². The normalized spacial score (nSPS) is 13.9. The lowest BCUT2D eigenvalue weighted by Crippen LogP contribution is -2.53. The Morgan fingerprint density at radius 3 is 2.14 bits per heavy atom. The van der Waals surface area contributed by atoms with E-state index in [0.29, 0.717) is 0 Å². The number of aliphatic carboxylic acids is 1. The highest BCUT2D eigenvalue weighted by Crippen LogP contribution is 2.04. The van der Waals surface area contributed by atoms with Crippen molar-refractivity contribution in [3.8, 4) is 0 Å². The van der Waals surface area contributed by atoms with E-state index in [1.165, 1.54) is 6.92 Å². The monoisotopic (exact) mass is 392 g/mol. The Morgan fingerprint density at radius 2 is 1.61 bits per heavy atom. The van der Waals surface area contributed by atoms with Crippen molar-refractivity contribution in [1.82, 2.24) is 16.0 Å². The highest BCUT2D eigenvalue weighted by molar-refractivity contribution is 5.92. The van der Waals surface area contributed by atoms with Crippen molar-refractivity contribution in [3.63, 3.8) is 0 Å². The number of carbonyl (C=O) groups excluding carboxylic acids is 3. The molecule has 3 atom stereocenters. The van der Waals surface area contributed by atoms with Gasteiger partial charge in [-0.2, -0.15) is 0 Å². The van der Waals surface area contributed by atoms with Crippen LogP contribution < -0.4 is 21.7 Å². The summed E-state index contributed by atoms with van der Waals surface area (Å²) >= 11 is 0. The van der Waals surface area contributed by atoms with E-state index in [0.717, 1.165) is 5.56 Å². The molecule has 3 amide bonds. The van der Waals surface area contributed by atoms with E-state index in [-0.39, 0.29) is 18.9 Å². The molecule has 9 nitrogen and oxygen atoms in total. The van der Waals surface area contributed by atoms with Crippen LogP contribution in [0.3, 0.4) is 0 Å². The van der Waals surface area contributed by atoms with Crippen LogP contribution in [0, 0.1) is 5.92 Å². The van der Waals surface area contributed by atoms with E-state index in [4.69, 9.17) is 5.73 Å². The Balaban J connectivity index is 2.52. The molecular formula is C19H28N4O5. The average molecular weight is 392 g/mol. The van der Waals surface area contributed by atoms with Crippen molar-refractivity contribution >= 4 is 23.7 Å². The summed E-state index contributed by atoms with van der Waals surface area (Å²) in [6.07, 6.45) is 0.117. The lowest BCUT2D eigenvalue weighted by Gasteiger charge is -2.19. The molecule has 1 aromatic carbocycles. The summed E-state index contributed by atoms with van der Waals surface area (Å²) in [5.41, 5.74) is 6.44. The van der Waals surface area contributed by atoms with Crippen LogP contribution in [0.5, 0.6) is 0 Å². The molecule has 28 heavy (non-hydrogen) atoms. The zero-order valence-electron chi connectivity index (χ0n) is 16.3. The predicted molar refractivity (Wildman–Crippen MR) is 103 cm³/mol. The predicted octanol–water partition coefficient (Wildman–Crippen LogP) is -0.597. The number of carboxylic acid groups (broad SMARTS) is 1. The fourth-order valence-corrected chi connectivity index (χ4v) is 2.29. The van der Waals surface area contributed by atoms with Gasteiger partial charge in [-0.1, -0.05) is 44.2 Å². The molecule has 154 valence electrons. The zero-order valence-corrected chi connectivity index (χ0v) is 16.3. The van der Waals surface area contributed by atoms with Gasteiger partial charge in [0.1, 0.15) is 12.1 Å². The first-order chi connectivity index (χ1) is 13.1. The molecule has 3 unspecified atom stereocenters. The number of rotatable bonds is 10. The summed E-state index contributed by atoms with van der Waals surface area (Å²) < 4.78 is 0. The van der Waals surface area contributed by atoms with E-state index in [1.807, 2.05) is 6.07 Å². The number of amides is 3. The number of carbonyl (C=O) groups is 4. The second kappa shape index (κ2) is 11.0. The van der Waals surface area contributed by atoms with Gasteiger partial charge < -0.3 is 26.8 Å². The number of hydrogen-bond donors (Lipinski definition) is 5. The zero-order chi connectivity index (χ0) is 21.3. The Labute approximate surface area is 164 Å². The summed E-state index contributed by atoms with van der Waals surface area (Å²) in [4.78, 5) is 47.3. The number of nitrogens with two attached hydrogens (primary N) is 1. The molecule has 1 aromatic rings. The van der Waals surface area contributed by atoms with Crippen molar-refractivity contribution < 1.29 is 24.3 Å². The van der Waals surface area contributed by atoms with Crippen molar-refractivity contribution in [2.24, 2.45) is 11.7 Å². The first-order valence-corrected chi connectivity index (χ1v) is 9.01. The molecule has 0 aliphatic rings.